The number of aryl methyl sites for hydroxylation is 1. The van der Waals surface area contributed by atoms with E-state index in [4.69, 9.17) is 0 Å². The van der Waals surface area contributed by atoms with E-state index in [0.717, 1.165) is 11.3 Å². The van der Waals surface area contributed by atoms with Crippen LogP contribution in [0.2, 0.25) is 0 Å². The first-order valence-electron chi connectivity index (χ1n) is 5.93. The average Bonchev–Trinajstić information content (AvgIpc) is 2.82. The zero-order chi connectivity index (χ0) is 13.4. The molecule has 2 N–H and O–H groups in total. The topological polar surface area (TPSA) is 71.2 Å². The lowest BCUT2D eigenvalue weighted by atomic mass is 9.79. The van der Waals surface area contributed by atoms with Gasteiger partial charge in [0.1, 0.15) is 0 Å². The molecular weight excluding hydrogens is 241 g/mol. The Morgan fingerprint density at radius 1 is 1.16 bits per heavy atom. The van der Waals surface area contributed by atoms with Crippen molar-refractivity contribution in [1.29, 1.82) is 0 Å². The highest BCUT2D eigenvalue weighted by Crippen LogP contribution is 2.17. The Labute approximate surface area is 110 Å². The molecule has 0 spiro atoms. The Kier molecular flexibility index (Phi) is 2.81. The number of para-hydroxylation sites is 1. The first-order valence-corrected chi connectivity index (χ1v) is 5.93. The minimum absolute atomic E-state index is 0.407. The van der Waals surface area contributed by atoms with Crippen molar-refractivity contribution < 1.29 is 10.0 Å². The van der Waals surface area contributed by atoms with Gasteiger partial charge >= 0.3 is 7.12 Å². The molecule has 0 aliphatic carbocycles. The van der Waals surface area contributed by atoms with Crippen LogP contribution in [-0.4, -0.2) is 31.9 Å². The molecule has 1 aromatic carbocycles. The molecule has 94 valence electrons. The molecule has 0 saturated carbocycles. The van der Waals surface area contributed by atoms with Crippen molar-refractivity contribution in [2.45, 2.75) is 6.92 Å². The van der Waals surface area contributed by atoms with Gasteiger partial charge < -0.3 is 10.0 Å². The van der Waals surface area contributed by atoms with Crippen molar-refractivity contribution in [2.75, 3.05) is 0 Å². The maximum atomic E-state index is 9.35. The number of fused-ring (bicyclic) bond motifs is 1. The predicted molar refractivity (Wildman–Crippen MR) is 73.4 cm³/mol. The molecule has 0 bridgehead atoms. The van der Waals surface area contributed by atoms with E-state index >= 15 is 0 Å². The van der Waals surface area contributed by atoms with Crippen LogP contribution in [0, 0.1) is 6.92 Å². The Bertz CT molecular complexity index is 740. The lowest BCUT2D eigenvalue weighted by Crippen LogP contribution is -2.30. The van der Waals surface area contributed by atoms with Crippen LogP contribution >= 0.6 is 0 Å². The van der Waals surface area contributed by atoms with Crippen molar-refractivity contribution in [1.82, 2.24) is 14.8 Å². The second kappa shape index (κ2) is 4.49. The summed E-state index contributed by atoms with van der Waals surface area (Å²) in [7, 11) is -1.53. The number of rotatable bonds is 2. The molecule has 0 fully saturated rings. The van der Waals surface area contributed by atoms with Crippen LogP contribution < -0.4 is 5.46 Å². The van der Waals surface area contributed by atoms with E-state index in [1.807, 2.05) is 31.2 Å². The van der Waals surface area contributed by atoms with E-state index in [0.29, 0.717) is 16.5 Å². The quantitative estimate of drug-likeness (QED) is 0.649. The summed E-state index contributed by atoms with van der Waals surface area (Å²) in [4.78, 5) is 4.28. The monoisotopic (exact) mass is 253 g/mol. The van der Waals surface area contributed by atoms with Crippen LogP contribution in [-0.2, 0) is 0 Å². The summed E-state index contributed by atoms with van der Waals surface area (Å²) in [5, 5.41) is 23.6. The molecule has 0 atom stereocenters. The van der Waals surface area contributed by atoms with Crippen LogP contribution in [0.4, 0.5) is 0 Å². The molecule has 0 radical (unpaired) electrons. The van der Waals surface area contributed by atoms with E-state index in [9.17, 15) is 10.0 Å². The van der Waals surface area contributed by atoms with Gasteiger partial charge in [-0.15, -0.1) is 0 Å². The minimum Gasteiger partial charge on any atom is -0.423 e. The molecule has 0 saturated heterocycles. The average molecular weight is 253 g/mol. The van der Waals surface area contributed by atoms with E-state index in [2.05, 4.69) is 10.1 Å². The molecule has 6 heteroatoms. The highest BCUT2D eigenvalue weighted by Gasteiger charge is 2.18. The summed E-state index contributed by atoms with van der Waals surface area (Å²) in [5.74, 6) is 0. The molecule has 0 aliphatic rings. The Morgan fingerprint density at radius 2 is 1.95 bits per heavy atom. The van der Waals surface area contributed by atoms with Crippen LogP contribution in [0.5, 0.6) is 0 Å². The molecule has 3 rings (SSSR count). The van der Waals surface area contributed by atoms with Gasteiger partial charge in [-0.3, -0.25) is 0 Å². The first-order chi connectivity index (χ1) is 9.18. The predicted octanol–water partition coefficient (Wildman–Crippen LogP) is 0.409. The Morgan fingerprint density at radius 3 is 2.68 bits per heavy atom. The molecule has 3 aromatic rings. The van der Waals surface area contributed by atoms with Gasteiger partial charge in [-0.1, -0.05) is 18.2 Å². The standard InChI is InChI=1S/C13H12BN3O2/c1-9-4-2-3-5-12(9)17-13-10(8-16-17)11(14(18)19)6-7-15-13/h2-8,18-19H,1H3. The number of benzene rings is 1. The fraction of sp³-hybridized carbons (Fsp3) is 0.0769. The van der Waals surface area contributed by atoms with Gasteiger partial charge in [0, 0.05) is 11.6 Å². The summed E-state index contributed by atoms with van der Waals surface area (Å²) in [6.07, 6.45) is 3.15. The Hall–Kier alpha value is -2.18. The van der Waals surface area contributed by atoms with Gasteiger partial charge in [0.25, 0.3) is 0 Å². The maximum absolute atomic E-state index is 9.35. The number of hydrogen-bond acceptors (Lipinski definition) is 4. The van der Waals surface area contributed by atoms with Crippen molar-refractivity contribution in [3.05, 3.63) is 48.3 Å². The van der Waals surface area contributed by atoms with E-state index in [1.165, 1.54) is 0 Å². The van der Waals surface area contributed by atoms with Gasteiger partial charge in [-0.25, -0.2) is 9.67 Å². The fourth-order valence-corrected chi connectivity index (χ4v) is 2.15. The van der Waals surface area contributed by atoms with E-state index in [1.54, 1.807) is 23.1 Å². The SMILES string of the molecule is Cc1ccccc1-n1ncc2c(B(O)O)ccnc21. The van der Waals surface area contributed by atoms with Crippen LogP contribution in [0.25, 0.3) is 16.7 Å². The summed E-state index contributed by atoms with van der Waals surface area (Å²) in [6.45, 7) is 1.99. The van der Waals surface area contributed by atoms with Crippen molar-refractivity contribution >= 4 is 23.6 Å². The van der Waals surface area contributed by atoms with Crippen molar-refractivity contribution in [2.24, 2.45) is 0 Å². The molecule has 0 amide bonds. The van der Waals surface area contributed by atoms with Crippen LogP contribution in [0.1, 0.15) is 5.56 Å². The maximum Gasteiger partial charge on any atom is 0.489 e. The summed E-state index contributed by atoms with van der Waals surface area (Å²) >= 11 is 0. The lowest BCUT2D eigenvalue weighted by Gasteiger charge is -2.06. The molecular formula is C13H12BN3O2. The third-order valence-corrected chi connectivity index (χ3v) is 3.13. The smallest absolute Gasteiger partial charge is 0.423 e. The number of nitrogens with zero attached hydrogens (tertiary/aromatic N) is 3. The van der Waals surface area contributed by atoms with Crippen molar-refractivity contribution in [3.8, 4) is 5.69 Å². The van der Waals surface area contributed by atoms with Crippen LogP contribution in [0.3, 0.4) is 0 Å². The number of pyridine rings is 1. The molecule has 2 heterocycles. The summed E-state index contributed by atoms with van der Waals surface area (Å²) < 4.78 is 1.70. The van der Waals surface area contributed by atoms with Gasteiger partial charge in [-0.05, 0) is 30.1 Å². The van der Waals surface area contributed by atoms with Gasteiger partial charge in [-0.2, -0.15) is 5.10 Å². The van der Waals surface area contributed by atoms with Gasteiger partial charge in [0.15, 0.2) is 5.65 Å². The number of aromatic nitrogens is 3. The number of hydrogen-bond donors (Lipinski definition) is 2. The zero-order valence-corrected chi connectivity index (χ0v) is 10.4. The highest BCUT2D eigenvalue weighted by molar-refractivity contribution is 6.61. The molecule has 0 unspecified atom stereocenters. The normalized spacial score (nSPS) is 10.9. The lowest BCUT2D eigenvalue weighted by molar-refractivity contribution is 0.426. The first kappa shape index (κ1) is 11.9. The molecule has 19 heavy (non-hydrogen) atoms. The van der Waals surface area contributed by atoms with Gasteiger partial charge in [0.2, 0.25) is 0 Å². The largest absolute Gasteiger partial charge is 0.489 e. The highest BCUT2D eigenvalue weighted by atomic mass is 16.4. The van der Waals surface area contributed by atoms with Crippen molar-refractivity contribution in [3.63, 3.8) is 0 Å². The second-order valence-corrected chi connectivity index (χ2v) is 4.35. The molecule has 2 aromatic heterocycles. The third-order valence-electron chi connectivity index (χ3n) is 3.13. The van der Waals surface area contributed by atoms with E-state index < -0.39 is 7.12 Å². The van der Waals surface area contributed by atoms with E-state index in [-0.39, 0.29) is 0 Å². The molecule has 5 nitrogen and oxygen atoms in total. The molecule has 0 aliphatic heterocycles. The van der Waals surface area contributed by atoms with Gasteiger partial charge in [0.05, 0.1) is 11.9 Å². The fourth-order valence-electron chi connectivity index (χ4n) is 2.15. The van der Waals surface area contributed by atoms with Crippen LogP contribution in [0.15, 0.2) is 42.7 Å². The minimum atomic E-state index is -1.53. The Balaban J connectivity index is 2.28. The summed E-state index contributed by atoms with van der Waals surface area (Å²) in [5.41, 5.74) is 3.02. The third kappa shape index (κ3) is 1.91. The zero-order valence-electron chi connectivity index (χ0n) is 10.4. The second-order valence-electron chi connectivity index (χ2n) is 4.35. The summed E-state index contributed by atoms with van der Waals surface area (Å²) in [6, 6.07) is 9.41.